The Morgan fingerprint density at radius 3 is 2.73 bits per heavy atom. The van der Waals surface area contributed by atoms with E-state index in [0.29, 0.717) is 40.4 Å². The molecule has 7 heteroatoms. The van der Waals surface area contributed by atoms with Crippen molar-refractivity contribution in [3.05, 3.63) is 74.8 Å². The van der Waals surface area contributed by atoms with Crippen LogP contribution in [0.25, 0.3) is 22.6 Å². The summed E-state index contributed by atoms with van der Waals surface area (Å²) in [5.74, 6) is 0.596. The van der Waals surface area contributed by atoms with Gasteiger partial charge in [-0.3, -0.25) is 14.2 Å². The lowest BCUT2D eigenvalue weighted by atomic mass is 10.1. The highest BCUT2D eigenvalue weighted by atomic mass is 35.5. The largest absolute Gasteiger partial charge is 0.351 e. The molecule has 4 rings (SSSR count). The van der Waals surface area contributed by atoms with E-state index in [-0.39, 0.29) is 11.5 Å². The Balaban J connectivity index is 1.58. The summed E-state index contributed by atoms with van der Waals surface area (Å²) < 4.78 is 1.72. The van der Waals surface area contributed by atoms with Gasteiger partial charge < -0.3 is 10.2 Å². The molecule has 0 radical (unpaired) electrons. The number of carbonyl (C=O) groups excluding carboxylic acids is 1. The first-order chi connectivity index (χ1) is 14.4. The quantitative estimate of drug-likeness (QED) is 0.685. The molecule has 1 N–H and O–H groups in total. The summed E-state index contributed by atoms with van der Waals surface area (Å²) in [4.78, 5) is 31.7. The van der Waals surface area contributed by atoms with Gasteiger partial charge in [-0.15, -0.1) is 0 Å². The van der Waals surface area contributed by atoms with Crippen LogP contribution in [0.1, 0.15) is 28.2 Å². The second kappa shape index (κ2) is 8.42. The monoisotopic (exact) mass is 422 g/mol. The van der Waals surface area contributed by atoms with Crippen LogP contribution in [0.2, 0.25) is 5.02 Å². The number of nitrogens with zero attached hydrogens (tertiary/aromatic N) is 3. The molecule has 1 aromatic heterocycles. The Hall–Kier alpha value is -2.96. The lowest BCUT2D eigenvalue weighted by Crippen LogP contribution is -2.31. The van der Waals surface area contributed by atoms with Gasteiger partial charge in [-0.25, -0.2) is 4.98 Å². The van der Waals surface area contributed by atoms with Crippen molar-refractivity contribution in [2.45, 2.75) is 13.0 Å². The van der Waals surface area contributed by atoms with E-state index < -0.39 is 0 Å². The highest BCUT2D eigenvalue weighted by Crippen LogP contribution is 2.28. The maximum Gasteiger partial charge on any atom is 0.261 e. The zero-order valence-corrected chi connectivity index (χ0v) is 17.7. The van der Waals surface area contributed by atoms with Crippen molar-refractivity contribution < 1.29 is 4.79 Å². The molecule has 3 aromatic rings. The molecule has 0 aliphatic carbocycles. The van der Waals surface area contributed by atoms with Crippen molar-refractivity contribution in [2.24, 2.45) is 0 Å². The highest BCUT2D eigenvalue weighted by molar-refractivity contribution is 6.31. The number of halogens is 1. The van der Waals surface area contributed by atoms with Gasteiger partial charge in [0.15, 0.2) is 0 Å². The minimum Gasteiger partial charge on any atom is -0.351 e. The molecule has 30 heavy (non-hydrogen) atoms. The Morgan fingerprint density at radius 1 is 1.23 bits per heavy atom. The van der Waals surface area contributed by atoms with E-state index in [2.05, 4.69) is 5.32 Å². The standard InChI is InChI=1S/C23H23ClN4O2/c1-27(2)12-10-25-22(29)16-5-3-15(4-6-16)13-17-9-11-28-21(17)26-20-14-18(24)7-8-19(20)23(28)30/h3-8,13-14H,9-12H2,1-2H3,(H,25,29)/b17-13+. The SMILES string of the molecule is CN(C)CCNC(=O)c1ccc(/C=C2\CCn3c2nc2cc(Cl)ccc2c3=O)cc1. The summed E-state index contributed by atoms with van der Waals surface area (Å²) in [6, 6.07) is 12.6. The summed E-state index contributed by atoms with van der Waals surface area (Å²) in [5.41, 5.74) is 3.15. The van der Waals surface area contributed by atoms with Crippen molar-refractivity contribution >= 4 is 40.1 Å². The molecule has 0 bridgehead atoms. The topological polar surface area (TPSA) is 67.2 Å². The fourth-order valence-electron chi connectivity index (χ4n) is 3.55. The fraction of sp³-hybridized carbons (Fsp3) is 0.261. The third-order valence-corrected chi connectivity index (χ3v) is 5.40. The smallest absolute Gasteiger partial charge is 0.261 e. The van der Waals surface area contributed by atoms with Gasteiger partial charge in [-0.2, -0.15) is 0 Å². The molecule has 1 aliphatic rings. The Labute approximate surface area is 179 Å². The molecule has 0 saturated heterocycles. The van der Waals surface area contributed by atoms with Crippen LogP contribution >= 0.6 is 11.6 Å². The zero-order chi connectivity index (χ0) is 21.3. The summed E-state index contributed by atoms with van der Waals surface area (Å²) in [5, 5.41) is 4.04. The number of amides is 1. The number of nitrogens with one attached hydrogen (secondary N) is 1. The second-order valence-corrected chi connectivity index (χ2v) is 8.09. The average Bonchev–Trinajstić information content (AvgIpc) is 3.11. The molecule has 154 valence electrons. The predicted molar refractivity (Wildman–Crippen MR) is 121 cm³/mol. The number of benzene rings is 2. The molecular formula is C23H23ClN4O2. The van der Waals surface area contributed by atoms with Crippen molar-refractivity contribution in [2.75, 3.05) is 27.2 Å². The lowest BCUT2D eigenvalue weighted by molar-refractivity contribution is 0.0951. The molecule has 6 nitrogen and oxygen atoms in total. The molecule has 2 heterocycles. The summed E-state index contributed by atoms with van der Waals surface area (Å²) >= 11 is 6.08. The van der Waals surface area contributed by atoms with Crippen LogP contribution in [0.4, 0.5) is 0 Å². The Morgan fingerprint density at radius 2 is 2.00 bits per heavy atom. The van der Waals surface area contributed by atoms with Crippen molar-refractivity contribution in [1.29, 1.82) is 0 Å². The molecular weight excluding hydrogens is 400 g/mol. The number of aromatic nitrogens is 2. The van der Waals surface area contributed by atoms with Gasteiger partial charge in [0.25, 0.3) is 11.5 Å². The van der Waals surface area contributed by atoms with E-state index >= 15 is 0 Å². The summed E-state index contributed by atoms with van der Waals surface area (Å²) in [6.45, 7) is 2.01. The number of allylic oxidation sites excluding steroid dienone is 1. The molecule has 0 spiro atoms. The number of fused-ring (bicyclic) bond motifs is 2. The maximum atomic E-state index is 12.8. The van der Waals surface area contributed by atoms with E-state index in [1.54, 1.807) is 22.8 Å². The van der Waals surface area contributed by atoms with Crippen LogP contribution in [0, 0.1) is 0 Å². The second-order valence-electron chi connectivity index (χ2n) is 7.65. The normalized spacial score (nSPS) is 14.5. The third kappa shape index (κ3) is 4.15. The van der Waals surface area contributed by atoms with Crippen LogP contribution < -0.4 is 10.9 Å². The highest BCUT2D eigenvalue weighted by Gasteiger charge is 2.21. The van der Waals surface area contributed by atoms with E-state index in [9.17, 15) is 9.59 Å². The van der Waals surface area contributed by atoms with Crippen LogP contribution in [-0.4, -0.2) is 47.5 Å². The number of carbonyl (C=O) groups is 1. The first-order valence-electron chi connectivity index (χ1n) is 9.86. The van der Waals surface area contributed by atoms with E-state index in [1.807, 2.05) is 49.3 Å². The molecule has 2 aromatic carbocycles. The first kappa shape index (κ1) is 20.3. The zero-order valence-electron chi connectivity index (χ0n) is 17.0. The molecule has 0 fully saturated rings. The molecule has 1 aliphatic heterocycles. The number of likely N-dealkylation sites (N-methyl/N-ethyl adjacent to an activating group) is 1. The van der Waals surface area contributed by atoms with E-state index in [0.717, 1.165) is 24.1 Å². The summed E-state index contributed by atoms with van der Waals surface area (Å²) in [6.07, 6.45) is 2.76. The predicted octanol–water partition coefficient (Wildman–Crippen LogP) is 3.29. The minimum absolute atomic E-state index is 0.0418. The van der Waals surface area contributed by atoms with Crippen LogP contribution in [0.15, 0.2) is 47.3 Å². The Kier molecular flexibility index (Phi) is 5.70. The van der Waals surface area contributed by atoms with E-state index in [4.69, 9.17) is 16.6 Å². The third-order valence-electron chi connectivity index (χ3n) is 5.17. The maximum absolute atomic E-state index is 12.8. The van der Waals surface area contributed by atoms with Gasteiger partial charge >= 0.3 is 0 Å². The van der Waals surface area contributed by atoms with Gasteiger partial charge in [0, 0.05) is 30.2 Å². The van der Waals surface area contributed by atoms with Crippen molar-refractivity contribution in [3.8, 4) is 0 Å². The lowest BCUT2D eigenvalue weighted by Gasteiger charge is -2.10. The van der Waals surface area contributed by atoms with Crippen LogP contribution in [0.5, 0.6) is 0 Å². The number of rotatable bonds is 5. The summed E-state index contributed by atoms with van der Waals surface area (Å²) in [7, 11) is 3.94. The number of hydrogen-bond acceptors (Lipinski definition) is 4. The molecule has 0 saturated carbocycles. The van der Waals surface area contributed by atoms with Crippen molar-refractivity contribution in [1.82, 2.24) is 19.8 Å². The average molecular weight is 423 g/mol. The fourth-order valence-corrected chi connectivity index (χ4v) is 3.72. The molecule has 0 atom stereocenters. The van der Waals surface area contributed by atoms with Gasteiger partial charge in [0.2, 0.25) is 0 Å². The van der Waals surface area contributed by atoms with E-state index in [1.165, 1.54) is 0 Å². The molecule has 1 amide bonds. The minimum atomic E-state index is -0.0844. The van der Waals surface area contributed by atoms with Gasteiger partial charge in [-0.1, -0.05) is 23.7 Å². The molecule has 0 unspecified atom stereocenters. The first-order valence-corrected chi connectivity index (χ1v) is 10.2. The van der Waals surface area contributed by atoms with Crippen LogP contribution in [-0.2, 0) is 6.54 Å². The van der Waals surface area contributed by atoms with Gasteiger partial charge in [0.1, 0.15) is 5.82 Å². The van der Waals surface area contributed by atoms with Crippen LogP contribution in [0.3, 0.4) is 0 Å². The van der Waals surface area contributed by atoms with Gasteiger partial charge in [0.05, 0.1) is 10.9 Å². The Bertz CT molecular complexity index is 1200. The van der Waals surface area contributed by atoms with Gasteiger partial charge in [-0.05, 0) is 68.1 Å². The number of hydrogen-bond donors (Lipinski definition) is 1. The van der Waals surface area contributed by atoms with Crippen molar-refractivity contribution in [3.63, 3.8) is 0 Å².